The molecule has 0 amide bonds. The number of aliphatic hydroxyl groups is 1. The largest absolute Gasteiger partial charge is 0.391 e. The van der Waals surface area contributed by atoms with Gasteiger partial charge in [-0.2, -0.15) is 0 Å². The van der Waals surface area contributed by atoms with E-state index in [1.54, 1.807) is 0 Å². The molecular formula is C14H21NO. The Morgan fingerprint density at radius 2 is 1.88 bits per heavy atom. The Bertz CT molecular complexity index is 360. The van der Waals surface area contributed by atoms with Crippen LogP contribution in [0.5, 0.6) is 0 Å². The van der Waals surface area contributed by atoms with Gasteiger partial charge in [0.25, 0.3) is 0 Å². The lowest BCUT2D eigenvalue weighted by molar-refractivity contribution is 0.150. The summed E-state index contributed by atoms with van der Waals surface area (Å²) in [4.78, 5) is 0. The molecule has 2 N–H and O–H groups in total. The second kappa shape index (κ2) is 4.98. The summed E-state index contributed by atoms with van der Waals surface area (Å²) in [6, 6.07) is 6.70. The lowest BCUT2D eigenvalue weighted by Crippen LogP contribution is -2.27. The predicted octanol–water partition coefficient (Wildman–Crippen LogP) is 2.21. The number of nitrogens with one attached hydrogen (secondary N) is 1. The zero-order chi connectivity index (χ0) is 11.5. The molecule has 2 unspecified atom stereocenters. The van der Waals surface area contributed by atoms with E-state index in [1.165, 1.54) is 42.4 Å². The number of fused-ring (bicyclic) bond motifs is 1. The molecule has 2 atom stereocenters. The number of aryl methyl sites for hydroxylation is 2. The molecule has 0 saturated heterocycles. The average Bonchev–Trinajstić information content (AvgIpc) is 2.29. The summed E-state index contributed by atoms with van der Waals surface area (Å²) in [5, 5.41) is 12.9. The van der Waals surface area contributed by atoms with Gasteiger partial charge in [0.15, 0.2) is 0 Å². The average molecular weight is 219 g/mol. The zero-order valence-corrected chi connectivity index (χ0v) is 10.2. The minimum atomic E-state index is -0.355. The highest BCUT2D eigenvalue weighted by Gasteiger charge is 2.17. The Morgan fingerprint density at radius 1 is 1.19 bits per heavy atom. The van der Waals surface area contributed by atoms with Gasteiger partial charge in [-0.1, -0.05) is 18.2 Å². The van der Waals surface area contributed by atoms with Gasteiger partial charge in [-0.15, -0.1) is 0 Å². The molecule has 88 valence electrons. The van der Waals surface area contributed by atoms with Crippen LogP contribution >= 0.6 is 0 Å². The van der Waals surface area contributed by atoms with Crippen LogP contribution in [0.25, 0.3) is 0 Å². The number of hydrogen-bond donors (Lipinski definition) is 2. The summed E-state index contributed by atoms with van der Waals surface area (Å²) in [6.07, 6.45) is 4.67. The molecule has 0 aliphatic heterocycles. The third-order valence-electron chi connectivity index (χ3n) is 3.53. The number of aliphatic hydroxyl groups excluding tert-OH is 1. The topological polar surface area (TPSA) is 32.3 Å². The summed E-state index contributed by atoms with van der Waals surface area (Å²) in [5.74, 6) is 0. The highest BCUT2D eigenvalue weighted by molar-refractivity contribution is 5.35. The zero-order valence-electron chi connectivity index (χ0n) is 10.2. The SMILES string of the molecule is CNC(c1ccc2c(c1)CCCC2)C(C)O. The first-order chi connectivity index (χ1) is 7.72. The Labute approximate surface area is 97.7 Å². The van der Waals surface area contributed by atoms with Crippen molar-refractivity contribution in [2.24, 2.45) is 0 Å². The van der Waals surface area contributed by atoms with Gasteiger partial charge < -0.3 is 10.4 Å². The smallest absolute Gasteiger partial charge is 0.0706 e. The van der Waals surface area contributed by atoms with Crippen LogP contribution in [0.4, 0.5) is 0 Å². The minimum absolute atomic E-state index is 0.0484. The van der Waals surface area contributed by atoms with Crippen LogP contribution in [0, 0.1) is 0 Å². The van der Waals surface area contributed by atoms with Gasteiger partial charge in [0.1, 0.15) is 0 Å². The van der Waals surface area contributed by atoms with Gasteiger partial charge in [-0.25, -0.2) is 0 Å². The van der Waals surface area contributed by atoms with Crippen molar-refractivity contribution in [2.45, 2.75) is 44.8 Å². The van der Waals surface area contributed by atoms with Crippen molar-refractivity contribution >= 4 is 0 Å². The number of hydrogen-bond acceptors (Lipinski definition) is 2. The third-order valence-corrected chi connectivity index (χ3v) is 3.53. The van der Waals surface area contributed by atoms with Gasteiger partial charge in [0, 0.05) is 0 Å². The summed E-state index contributed by atoms with van der Waals surface area (Å²) >= 11 is 0. The fourth-order valence-corrected chi connectivity index (χ4v) is 2.63. The fraction of sp³-hybridized carbons (Fsp3) is 0.571. The second-order valence-electron chi connectivity index (χ2n) is 4.74. The normalized spacial score (nSPS) is 18.9. The van der Waals surface area contributed by atoms with Crippen molar-refractivity contribution in [1.29, 1.82) is 0 Å². The van der Waals surface area contributed by atoms with E-state index < -0.39 is 0 Å². The maximum Gasteiger partial charge on any atom is 0.0706 e. The molecule has 0 heterocycles. The van der Waals surface area contributed by atoms with Crippen LogP contribution in [0.1, 0.15) is 42.5 Å². The van der Waals surface area contributed by atoms with Crippen LogP contribution in [-0.2, 0) is 12.8 Å². The molecule has 1 aliphatic rings. The molecular weight excluding hydrogens is 198 g/mol. The van der Waals surface area contributed by atoms with E-state index >= 15 is 0 Å². The van der Waals surface area contributed by atoms with E-state index in [-0.39, 0.29) is 12.1 Å². The van der Waals surface area contributed by atoms with E-state index in [4.69, 9.17) is 0 Å². The molecule has 2 heteroatoms. The van der Waals surface area contributed by atoms with Crippen LogP contribution in [0.3, 0.4) is 0 Å². The Kier molecular flexibility index (Phi) is 3.62. The van der Waals surface area contributed by atoms with Crippen LogP contribution in [0.15, 0.2) is 18.2 Å². The first-order valence-electron chi connectivity index (χ1n) is 6.19. The second-order valence-corrected chi connectivity index (χ2v) is 4.74. The lowest BCUT2D eigenvalue weighted by atomic mass is 9.88. The third kappa shape index (κ3) is 2.28. The molecule has 0 spiro atoms. The first-order valence-corrected chi connectivity index (χ1v) is 6.19. The Balaban J connectivity index is 2.28. The summed E-state index contributed by atoms with van der Waals surface area (Å²) in [6.45, 7) is 1.83. The number of rotatable bonds is 3. The van der Waals surface area contributed by atoms with Crippen molar-refractivity contribution in [3.8, 4) is 0 Å². The van der Waals surface area contributed by atoms with E-state index in [0.717, 1.165) is 0 Å². The molecule has 1 aliphatic carbocycles. The van der Waals surface area contributed by atoms with Crippen molar-refractivity contribution in [2.75, 3.05) is 7.05 Å². The van der Waals surface area contributed by atoms with Crippen molar-refractivity contribution in [3.05, 3.63) is 34.9 Å². The van der Waals surface area contributed by atoms with Gasteiger partial charge in [0.05, 0.1) is 12.1 Å². The Morgan fingerprint density at radius 3 is 2.50 bits per heavy atom. The Hall–Kier alpha value is -0.860. The van der Waals surface area contributed by atoms with E-state index in [0.29, 0.717) is 0 Å². The van der Waals surface area contributed by atoms with Crippen LogP contribution in [-0.4, -0.2) is 18.3 Å². The van der Waals surface area contributed by atoms with Gasteiger partial charge in [-0.3, -0.25) is 0 Å². The van der Waals surface area contributed by atoms with E-state index in [2.05, 4.69) is 23.5 Å². The summed E-state index contributed by atoms with van der Waals surface area (Å²) in [7, 11) is 1.90. The maximum atomic E-state index is 9.71. The van der Waals surface area contributed by atoms with Crippen molar-refractivity contribution in [1.82, 2.24) is 5.32 Å². The number of benzene rings is 1. The first kappa shape index (κ1) is 11.6. The standard InChI is InChI=1S/C14H21NO/c1-10(16)14(15-2)13-8-7-11-5-3-4-6-12(11)9-13/h7-10,14-16H,3-6H2,1-2H3. The maximum absolute atomic E-state index is 9.71. The molecule has 0 saturated carbocycles. The molecule has 1 aromatic rings. The van der Waals surface area contributed by atoms with Gasteiger partial charge in [0.2, 0.25) is 0 Å². The van der Waals surface area contributed by atoms with Crippen LogP contribution < -0.4 is 5.32 Å². The molecule has 0 aromatic heterocycles. The molecule has 0 radical (unpaired) electrons. The monoisotopic (exact) mass is 219 g/mol. The fourth-order valence-electron chi connectivity index (χ4n) is 2.63. The summed E-state index contributed by atoms with van der Waals surface area (Å²) in [5.41, 5.74) is 4.18. The van der Waals surface area contributed by atoms with Crippen molar-refractivity contribution < 1.29 is 5.11 Å². The minimum Gasteiger partial charge on any atom is -0.391 e. The van der Waals surface area contributed by atoms with Crippen LogP contribution in [0.2, 0.25) is 0 Å². The number of likely N-dealkylation sites (N-methyl/N-ethyl adjacent to an activating group) is 1. The predicted molar refractivity (Wildman–Crippen MR) is 66.6 cm³/mol. The van der Waals surface area contributed by atoms with E-state index in [1.807, 2.05) is 14.0 Å². The molecule has 0 fully saturated rings. The van der Waals surface area contributed by atoms with Gasteiger partial charge >= 0.3 is 0 Å². The molecule has 2 rings (SSSR count). The molecule has 0 bridgehead atoms. The molecule has 16 heavy (non-hydrogen) atoms. The molecule has 2 nitrogen and oxygen atoms in total. The summed E-state index contributed by atoms with van der Waals surface area (Å²) < 4.78 is 0. The highest BCUT2D eigenvalue weighted by Crippen LogP contribution is 2.25. The lowest BCUT2D eigenvalue weighted by Gasteiger charge is -2.23. The van der Waals surface area contributed by atoms with E-state index in [9.17, 15) is 5.11 Å². The van der Waals surface area contributed by atoms with Gasteiger partial charge in [-0.05, 0) is 56.3 Å². The quantitative estimate of drug-likeness (QED) is 0.817. The highest BCUT2D eigenvalue weighted by atomic mass is 16.3. The molecule has 1 aromatic carbocycles. The van der Waals surface area contributed by atoms with Crippen molar-refractivity contribution in [3.63, 3.8) is 0 Å².